The fraction of sp³-hybridized carbons (Fsp3) is 0.0833. The number of nitrogens with two attached hydrogens (primary N) is 1. The van der Waals surface area contributed by atoms with Gasteiger partial charge in [0.15, 0.2) is 5.82 Å². The molecule has 2 N–H and O–H groups in total. The Hall–Kier alpha value is -1.96. The summed E-state index contributed by atoms with van der Waals surface area (Å²) < 4.78 is 38.9. The minimum atomic E-state index is -4.69. The van der Waals surface area contributed by atoms with E-state index in [9.17, 15) is 18.0 Å². The zero-order chi connectivity index (χ0) is 14.9. The smallest absolute Gasteiger partial charge is 0.364 e. The van der Waals surface area contributed by atoms with Crippen molar-refractivity contribution in [3.63, 3.8) is 0 Å². The van der Waals surface area contributed by atoms with E-state index in [2.05, 4.69) is 25.9 Å². The predicted molar refractivity (Wildman–Crippen MR) is 68.7 cm³/mol. The van der Waals surface area contributed by atoms with Crippen LogP contribution in [0.5, 0.6) is 0 Å². The first-order chi connectivity index (χ1) is 9.27. The second-order valence-electron chi connectivity index (χ2n) is 3.83. The Kier molecular flexibility index (Phi) is 3.76. The van der Waals surface area contributed by atoms with Crippen molar-refractivity contribution in [2.45, 2.75) is 6.18 Å². The Morgan fingerprint density at radius 1 is 1.20 bits per heavy atom. The molecular formula is C12H7BrF3N3O. The molecule has 20 heavy (non-hydrogen) atoms. The number of rotatable bonds is 2. The molecule has 0 atom stereocenters. The molecule has 8 heteroatoms. The van der Waals surface area contributed by atoms with Crippen LogP contribution < -0.4 is 5.73 Å². The number of primary amides is 1. The van der Waals surface area contributed by atoms with Crippen LogP contribution in [-0.2, 0) is 6.18 Å². The number of aromatic nitrogens is 2. The quantitative estimate of drug-likeness (QED) is 0.909. The third kappa shape index (κ3) is 3.13. The Labute approximate surface area is 120 Å². The molecule has 0 radical (unpaired) electrons. The highest BCUT2D eigenvalue weighted by Crippen LogP contribution is 2.30. The van der Waals surface area contributed by atoms with E-state index in [1.54, 1.807) is 18.2 Å². The normalized spacial score (nSPS) is 11.4. The van der Waals surface area contributed by atoms with E-state index in [1.807, 2.05) is 0 Å². The van der Waals surface area contributed by atoms with Gasteiger partial charge in [0.25, 0.3) is 5.91 Å². The highest BCUT2D eigenvalue weighted by molar-refractivity contribution is 9.10. The number of hydrogen-bond acceptors (Lipinski definition) is 3. The van der Waals surface area contributed by atoms with E-state index in [-0.39, 0.29) is 5.82 Å². The average Bonchev–Trinajstić information content (AvgIpc) is 2.37. The molecule has 0 aliphatic heterocycles. The van der Waals surface area contributed by atoms with Crippen molar-refractivity contribution in [3.05, 3.63) is 46.2 Å². The largest absolute Gasteiger partial charge is 0.433 e. The SMILES string of the molecule is NC(=O)c1cc(C(F)(F)F)nc(-c2cccc(Br)c2)n1. The molecular weight excluding hydrogens is 339 g/mol. The van der Waals surface area contributed by atoms with Gasteiger partial charge in [0.05, 0.1) is 0 Å². The molecule has 0 aliphatic rings. The van der Waals surface area contributed by atoms with E-state index < -0.39 is 23.5 Å². The minimum Gasteiger partial charge on any atom is -0.364 e. The van der Waals surface area contributed by atoms with Gasteiger partial charge in [-0.2, -0.15) is 13.2 Å². The van der Waals surface area contributed by atoms with Crippen molar-refractivity contribution in [2.75, 3.05) is 0 Å². The molecule has 0 bridgehead atoms. The maximum absolute atomic E-state index is 12.8. The van der Waals surface area contributed by atoms with Crippen LogP contribution in [0.15, 0.2) is 34.8 Å². The molecule has 2 aromatic rings. The monoisotopic (exact) mass is 345 g/mol. The molecule has 0 unspecified atom stereocenters. The van der Waals surface area contributed by atoms with E-state index in [1.165, 1.54) is 6.07 Å². The van der Waals surface area contributed by atoms with E-state index in [0.717, 1.165) is 0 Å². The number of carbonyl (C=O) groups excluding carboxylic acids is 1. The lowest BCUT2D eigenvalue weighted by molar-refractivity contribution is -0.141. The molecule has 0 aliphatic carbocycles. The molecule has 104 valence electrons. The lowest BCUT2D eigenvalue weighted by Crippen LogP contribution is -2.18. The maximum Gasteiger partial charge on any atom is 0.433 e. The molecule has 4 nitrogen and oxygen atoms in total. The lowest BCUT2D eigenvalue weighted by Gasteiger charge is -2.09. The number of nitrogens with zero attached hydrogens (tertiary/aromatic N) is 2. The van der Waals surface area contributed by atoms with E-state index >= 15 is 0 Å². The third-order valence-electron chi connectivity index (χ3n) is 2.35. The minimum absolute atomic E-state index is 0.213. The summed E-state index contributed by atoms with van der Waals surface area (Å²) in [4.78, 5) is 18.3. The fourth-order valence-corrected chi connectivity index (χ4v) is 1.87. The number of carbonyl (C=O) groups is 1. The van der Waals surface area contributed by atoms with Crippen molar-refractivity contribution in [3.8, 4) is 11.4 Å². The van der Waals surface area contributed by atoms with Crippen LogP contribution >= 0.6 is 15.9 Å². The summed E-state index contributed by atoms with van der Waals surface area (Å²) in [6.45, 7) is 0. The van der Waals surface area contributed by atoms with Gasteiger partial charge in [-0.3, -0.25) is 4.79 Å². The van der Waals surface area contributed by atoms with Crippen LogP contribution in [0.2, 0.25) is 0 Å². The van der Waals surface area contributed by atoms with Crippen LogP contribution in [0.3, 0.4) is 0 Å². The van der Waals surface area contributed by atoms with Gasteiger partial charge in [-0.05, 0) is 12.1 Å². The first-order valence-corrected chi connectivity index (χ1v) is 6.08. The summed E-state index contributed by atoms with van der Waals surface area (Å²) in [6, 6.07) is 6.92. The molecule has 0 saturated carbocycles. The van der Waals surface area contributed by atoms with Crippen molar-refractivity contribution in [2.24, 2.45) is 5.73 Å². The van der Waals surface area contributed by atoms with Crippen molar-refractivity contribution in [1.29, 1.82) is 0 Å². The van der Waals surface area contributed by atoms with E-state index in [0.29, 0.717) is 16.1 Å². The van der Waals surface area contributed by atoms with Crippen LogP contribution in [0, 0.1) is 0 Å². The van der Waals surface area contributed by atoms with Gasteiger partial charge in [0, 0.05) is 16.1 Å². The van der Waals surface area contributed by atoms with Crippen LogP contribution in [-0.4, -0.2) is 15.9 Å². The average molecular weight is 346 g/mol. The molecule has 1 aromatic carbocycles. The van der Waals surface area contributed by atoms with Crippen LogP contribution in [0.25, 0.3) is 11.4 Å². The molecule has 1 aromatic heterocycles. The fourth-order valence-electron chi connectivity index (χ4n) is 1.48. The zero-order valence-electron chi connectivity index (χ0n) is 9.78. The summed E-state index contributed by atoms with van der Waals surface area (Å²) in [5.41, 5.74) is 3.64. The standard InChI is InChI=1S/C12H7BrF3N3O/c13-7-3-1-2-6(4-7)11-18-8(10(17)20)5-9(19-11)12(14,15)16/h1-5H,(H2,17,20). The van der Waals surface area contributed by atoms with Gasteiger partial charge in [-0.1, -0.05) is 28.1 Å². The van der Waals surface area contributed by atoms with Crippen LogP contribution in [0.1, 0.15) is 16.2 Å². The summed E-state index contributed by atoms with van der Waals surface area (Å²) in [7, 11) is 0. The summed E-state index contributed by atoms with van der Waals surface area (Å²) in [6.07, 6.45) is -4.69. The predicted octanol–water partition coefficient (Wildman–Crippen LogP) is 3.02. The molecule has 1 amide bonds. The number of amides is 1. The number of benzene rings is 1. The summed E-state index contributed by atoms with van der Waals surface area (Å²) in [5.74, 6) is -1.26. The first-order valence-electron chi connectivity index (χ1n) is 5.29. The maximum atomic E-state index is 12.8. The number of halogens is 4. The van der Waals surface area contributed by atoms with Crippen molar-refractivity contribution >= 4 is 21.8 Å². The Morgan fingerprint density at radius 3 is 2.45 bits per heavy atom. The van der Waals surface area contributed by atoms with Gasteiger partial charge >= 0.3 is 6.18 Å². The highest BCUT2D eigenvalue weighted by atomic mass is 79.9. The third-order valence-corrected chi connectivity index (χ3v) is 2.85. The van der Waals surface area contributed by atoms with Gasteiger partial charge in [0.1, 0.15) is 11.4 Å². The summed E-state index contributed by atoms with van der Waals surface area (Å²) >= 11 is 3.20. The number of alkyl halides is 3. The second-order valence-corrected chi connectivity index (χ2v) is 4.75. The van der Waals surface area contributed by atoms with Gasteiger partial charge in [-0.15, -0.1) is 0 Å². The van der Waals surface area contributed by atoms with Crippen molar-refractivity contribution < 1.29 is 18.0 Å². The molecule has 2 rings (SSSR count). The topological polar surface area (TPSA) is 68.9 Å². The van der Waals surface area contributed by atoms with Crippen molar-refractivity contribution in [1.82, 2.24) is 9.97 Å². The first kappa shape index (κ1) is 14.4. The molecule has 0 spiro atoms. The molecule has 0 saturated heterocycles. The van der Waals surface area contributed by atoms with Gasteiger partial charge < -0.3 is 5.73 Å². The lowest BCUT2D eigenvalue weighted by atomic mass is 10.2. The van der Waals surface area contributed by atoms with E-state index in [4.69, 9.17) is 5.73 Å². The van der Waals surface area contributed by atoms with Gasteiger partial charge in [-0.25, -0.2) is 9.97 Å². The Morgan fingerprint density at radius 2 is 1.90 bits per heavy atom. The summed E-state index contributed by atoms with van der Waals surface area (Å²) in [5, 5.41) is 0. The van der Waals surface area contributed by atoms with Crippen LogP contribution in [0.4, 0.5) is 13.2 Å². The number of hydrogen-bond donors (Lipinski definition) is 1. The molecule has 1 heterocycles. The second kappa shape index (κ2) is 5.20. The zero-order valence-corrected chi connectivity index (χ0v) is 11.4. The Balaban J connectivity index is 2.64. The van der Waals surface area contributed by atoms with Gasteiger partial charge in [0.2, 0.25) is 0 Å². The highest BCUT2D eigenvalue weighted by Gasteiger charge is 2.34. The Bertz CT molecular complexity index is 673. The molecule has 0 fully saturated rings.